The van der Waals surface area contributed by atoms with Crippen molar-refractivity contribution >= 4 is 23.2 Å². The number of aryl methyl sites for hydroxylation is 1. The Morgan fingerprint density at radius 1 is 1.35 bits per heavy atom. The second kappa shape index (κ2) is 5.69. The minimum Gasteiger partial charge on any atom is -0.384 e. The summed E-state index contributed by atoms with van der Waals surface area (Å²) < 4.78 is 1.57. The molecular formula is C18H20N6O2. The van der Waals surface area contributed by atoms with Crippen molar-refractivity contribution in [2.24, 2.45) is 5.92 Å². The molecule has 2 unspecified atom stereocenters. The molecule has 2 atom stereocenters. The maximum Gasteiger partial charge on any atom is 0.277 e. The van der Waals surface area contributed by atoms with Crippen molar-refractivity contribution in [3.05, 3.63) is 52.2 Å². The van der Waals surface area contributed by atoms with Gasteiger partial charge in [-0.05, 0) is 43.4 Å². The van der Waals surface area contributed by atoms with Crippen LogP contribution in [0.5, 0.6) is 0 Å². The first-order valence-electron chi connectivity index (χ1n) is 8.53. The molecule has 1 aliphatic heterocycles. The Labute approximate surface area is 150 Å². The van der Waals surface area contributed by atoms with Crippen LogP contribution in [-0.2, 0) is 5.66 Å². The summed E-state index contributed by atoms with van der Waals surface area (Å²) in [7, 11) is 0. The fourth-order valence-corrected chi connectivity index (χ4v) is 3.63. The van der Waals surface area contributed by atoms with Crippen molar-refractivity contribution in [2.45, 2.75) is 32.4 Å². The van der Waals surface area contributed by atoms with Gasteiger partial charge in [0.1, 0.15) is 35.0 Å². The topological polar surface area (TPSA) is 115 Å². The van der Waals surface area contributed by atoms with Crippen LogP contribution in [0.15, 0.2) is 35.4 Å². The maximum atomic E-state index is 13.2. The van der Waals surface area contributed by atoms with E-state index < -0.39 is 5.66 Å². The van der Waals surface area contributed by atoms with Crippen LogP contribution in [0.2, 0.25) is 0 Å². The van der Waals surface area contributed by atoms with Crippen LogP contribution in [0.25, 0.3) is 0 Å². The van der Waals surface area contributed by atoms with E-state index in [0.29, 0.717) is 35.4 Å². The van der Waals surface area contributed by atoms with E-state index in [9.17, 15) is 9.59 Å². The molecule has 0 bridgehead atoms. The number of aromatic nitrogens is 3. The molecule has 134 valence electrons. The quantitative estimate of drug-likeness (QED) is 0.708. The molecule has 0 radical (unpaired) electrons. The van der Waals surface area contributed by atoms with Gasteiger partial charge in [0, 0.05) is 6.07 Å². The number of hydrogen-bond donors (Lipinski definition) is 3. The molecule has 1 spiro atoms. The number of carbonyl (C=O) groups excluding carboxylic acids is 1. The van der Waals surface area contributed by atoms with Crippen molar-refractivity contribution in [1.29, 1.82) is 0 Å². The number of allylic oxidation sites excluding steroid dienone is 1. The van der Waals surface area contributed by atoms with Crippen LogP contribution >= 0.6 is 0 Å². The van der Waals surface area contributed by atoms with Crippen LogP contribution in [0.3, 0.4) is 0 Å². The summed E-state index contributed by atoms with van der Waals surface area (Å²) in [6.07, 6.45) is 6.87. The summed E-state index contributed by atoms with van der Waals surface area (Å²) in [6.45, 7) is 3.94. The van der Waals surface area contributed by atoms with Gasteiger partial charge in [0.25, 0.3) is 11.5 Å². The SMILES string of the molecule is Cc1cc(Nc2cc(N)ncn2)c(=O)n2c1C(=O)NC21C=CC(C)CC1. The molecule has 2 aliphatic rings. The smallest absolute Gasteiger partial charge is 0.277 e. The number of pyridine rings is 1. The molecule has 1 amide bonds. The molecule has 4 rings (SSSR count). The number of nitrogen functional groups attached to an aromatic ring is 1. The number of hydrogen-bond acceptors (Lipinski definition) is 6. The highest BCUT2D eigenvalue weighted by Gasteiger charge is 2.44. The third-order valence-electron chi connectivity index (χ3n) is 4.97. The van der Waals surface area contributed by atoms with Gasteiger partial charge in [-0.3, -0.25) is 14.2 Å². The number of fused-ring (bicyclic) bond motifs is 2. The minimum absolute atomic E-state index is 0.225. The molecule has 0 fully saturated rings. The lowest BCUT2D eigenvalue weighted by Crippen LogP contribution is -2.47. The molecule has 8 heteroatoms. The lowest BCUT2D eigenvalue weighted by Gasteiger charge is -2.33. The molecule has 2 aromatic heterocycles. The van der Waals surface area contributed by atoms with E-state index in [1.54, 1.807) is 16.7 Å². The van der Waals surface area contributed by atoms with Crippen molar-refractivity contribution in [2.75, 3.05) is 11.1 Å². The number of anilines is 3. The molecule has 26 heavy (non-hydrogen) atoms. The van der Waals surface area contributed by atoms with Crippen LogP contribution < -0.4 is 21.9 Å². The average molecular weight is 352 g/mol. The highest BCUT2D eigenvalue weighted by atomic mass is 16.2. The predicted octanol–water partition coefficient (Wildman–Crippen LogP) is 1.65. The Morgan fingerprint density at radius 2 is 2.15 bits per heavy atom. The van der Waals surface area contributed by atoms with E-state index >= 15 is 0 Å². The first kappa shape index (κ1) is 16.3. The summed E-state index contributed by atoms with van der Waals surface area (Å²) in [5.74, 6) is 0.923. The van der Waals surface area contributed by atoms with Crippen LogP contribution in [-0.4, -0.2) is 20.4 Å². The van der Waals surface area contributed by atoms with Gasteiger partial charge in [0.2, 0.25) is 0 Å². The summed E-state index contributed by atoms with van der Waals surface area (Å²) in [6, 6.07) is 3.22. The Hall–Kier alpha value is -3.16. The molecule has 2 aromatic rings. The Morgan fingerprint density at radius 3 is 2.85 bits per heavy atom. The van der Waals surface area contributed by atoms with Gasteiger partial charge in [0.05, 0.1) is 0 Å². The van der Waals surface area contributed by atoms with Crippen molar-refractivity contribution in [3.8, 4) is 0 Å². The maximum absolute atomic E-state index is 13.2. The number of carbonyl (C=O) groups is 1. The largest absolute Gasteiger partial charge is 0.384 e. The van der Waals surface area contributed by atoms with Crippen molar-refractivity contribution < 1.29 is 4.79 Å². The van der Waals surface area contributed by atoms with Gasteiger partial charge < -0.3 is 16.4 Å². The van der Waals surface area contributed by atoms with Gasteiger partial charge in [-0.1, -0.05) is 13.0 Å². The first-order valence-corrected chi connectivity index (χ1v) is 8.53. The fraction of sp³-hybridized carbons (Fsp3) is 0.333. The monoisotopic (exact) mass is 352 g/mol. The number of rotatable bonds is 2. The molecule has 1 aliphatic carbocycles. The zero-order valence-corrected chi connectivity index (χ0v) is 14.6. The third-order valence-corrected chi connectivity index (χ3v) is 4.97. The second-order valence-corrected chi connectivity index (χ2v) is 6.94. The van der Waals surface area contributed by atoms with E-state index in [4.69, 9.17) is 5.73 Å². The molecule has 8 nitrogen and oxygen atoms in total. The Bertz CT molecular complexity index is 996. The number of nitrogens with zero attached hydrogens (tertiary/aromatic N) is 3. The van der Waals surface area contributed by atoms with E-state index in [-0.39, 0.29) is 11.5 Å². The zero-order chi connectivity index (χ0) is 18.5. The van der Waals surface area contributed by atoms with Gasteiger partial charge >= 0.3 is 0 Å². The van der Waals surface area contributed by atoms with E-state index in [2.05, 4.69) is 27.5 Å². The first-order chi connectivity index (χ1) is 12.4. The summed E-state index contributed by atoms with van der Waals surface area (Å²) in [5.41, 5.74) is 6.06. The highest BCUT2D eigenvalue weighted by molar-refractivity contribution is 5.97. The van der Waals surface area contributed by atoms with Crippen LogP contribution in [0, 0.1) is 12.8 Å². The average Bonchev–Trinajstić information content (AvgIpc) is 2.88. The molecule has 4 N–H and O–H groups in total. The Kier molecular flexibility index (Phi) is 3.57. The van der Waals surface area contributed by atoms with Crippen LogP contribution in [0.1, 0.15) is 35.8 Å². The van der Waals surface area contributed by atoms with Gasteiger partial charge in [-0.25, -0.2) is 9.97 Å². The summed E-state index contributed by atoms with van der Waals surface area (Å²) in [5, 5.41) is 6.00. The van der Waals surface area contributed by atoms with E-state index in [1.807, 2.05) is 19.1 Å². The second-order valence-electron chi connectivity index (χ2n) is 6.94. The number of nitrogens with two attached hydrogens (primary N) is 1. The van der Waals surface area contributed by atoms with E-state index in [1.165, 1.54) is 6.33 Å². The predicted molar refractivity (Wildman–Crippen MR) is 98.1 cm³/mol. The lowest BCUT2D eigenvalue weighted by molar-refractivity contribution is 0.0929. The minimum atomic E-state index is -0.802. The number of nitrogens with one attached hydrogen (secondary N) is 2. The molecule has 0 saturated carbocycles. The van der Waals surface area contributed by atoms with Gasteiger partial charge in [-0.2, -0.15) is 0 Å². The van der Waals surface area contributed by atoms with Gasteiger partial charge in [0.15, 0.2) is 0 Å². The lowest BCUT2D eigenvalue weighted by atomic mass is 9.89. The normalized spacial score (nSPS) is 23.8. The van der Waals surface area contributed by atoms with E-state index in [0.717, 1.165) is 12.0 Å². The summed E-state index contributed by atoms with van der Waals surface area (Å²) in [4.78, 5) is 33.7. The standard InChI is InChI=1S/C18H20N6O2/c1-10-3-5-18(6-4-10)23-16(25)15-11(2)7-12(17(26)24(15)18)22-14-8-13(19)20-9-21-14/h3,5,7-10H,4,6H2,1-2H3,(H,23,25)(H3,19,20,21,22). The van der Waals surface area contributed by atoms with Crippen molar-refractivity contribution in [1.82, 2.24) is 19.9 Å². The fourth-order valence-electron chi connectivity index (χ4n) is 3.63. The molecule has 0 saturated heterocycles. The Balaban J connectivity index is 1.86. The van der Waals surface area contributed by atoms with Gasteiger partial charge in [-0.15, -0.1) is 0 Å². The molecular weight excluding hydrogens is 332 g/mol. The highest BCUT2D eigenvalue weighted by Crippen LogP contribution is 2.35. The zero-order valence-electron chi connectivity index (χ0n) is 14.6. The van der Waals surface area contributed by atoms with Crippen LogP contribution in [0.4, 0.5) is 17.3 Å². The summed E-state index contributed by atoms with van der Waals surface area (Å²) >= 11 is 0. The van der Waals surface area contributed by atoms with Crippen molar-refractivity contribution in [3.63, 3.8) is 0 Å². The third kappa shape index (κ3) is 2.45. The molecule has 3 heterocycles. The molecule has 0 aromatic carbocycles. The number of amides is 1.